The van der Waals surface area contributed by atoms with Gasteiger partial charge < -0.3 is 5.11 Å². The Hall–Kier alpha value is -1.60. The van der Waals surface area contributed by atoms with E-state index in [9.17, 15) is 23.1 Å². The Morgan fingerprint density at radius 3 is 2.54 bits per heavy atom. The minimum atomic E-state index is -5.00. The Balaban J connectivity index is 2.03. The molecule has 1 aliphatic heterocycles. The second-order valence-corrected chi connectivity index (χ2v) is 6.53. The molecule has 2 atom stereocenters. The summed E-state index contributed by atoms with van der Waals surface area (Å²) in [4.78, 5) is 12.6. The molecule has 130 valence electrons. The van der Waals surface area contributed by atoms with Crippen molar-refractivity contribution in [3.8, 4) is 0 Å². The van der Waals surface area contributed by atoms with Crippen molar-refractivity contribution in [1.29, 1.82) is 0 Å². The number of carbonyl (C=O) groups excluding carboxylic acids is 1. The molecular formula is C16H16ClF3N2O2. The van der Waals surface area contributed by atoms with E-state index in [0.717, 1.165) is 6.42 Å². The molecule has 0 unspecified atom stereocenters. The van der Waals surface area contributed by atoms with Gasteiger partial charge in [0.1, 0.15) is 0 Å². The molecule has 1 fully saturated rings. The standard InChI is InChI=1S/C16H16ClF3N2O2/c17-11-8-6-10(7-9-11)14(23)22-15(24,16(18,19)20)12-4-2-1-3-5-13(12)21-22/h6-9,12,24H,1-5H2/t12-,15-/m0/s1. The molecule has 3 rings (SSSR count). The molecular weight excluding hydrogens is 345 g/mol. The molecule has 0 saturated heterocycles. The Kier molecular flexibility index (Phi) is 4.34. The number of benzene rings is 1. The van der Waals surface area contributed by atoms with Gasteiger partial charge in [0.15, 0.2) is 0 Å². The van der Waals surface area contributed by atoms with E-state index in [1.54, 1.807) is 0 Å². The predicted octanol–water partition coefficient (Wildman–Crippen LogP) is 3.98. The molecule has 8 heteroatoms. The number of hydrazone groups is 1. The van der Waals surface area contributed by atoms with Gasteiger partial charge in [-0.3, -0.25) is 4.79 Å². The summed E-state index contributed by atoms with van der Waals surface area (Å²) in [6.07, 6.45) is -2.45. The maximum absolute atomic E-state index is 13.7. The first-order valence-corrected chi connectivity index (χ1v) is 8.09. The normalized spacial score (nSPS) is 27.5. The number of nitrogens with zero attached hydrogens (tertiary/aromatic N) is 2. The maximum Gasteiger partial charge on any atom is 0.439 e. The Bertz CT molecular complexity index is 675. The number of carbonyl (C=O) groups is 1. The van der Waals surface area contributed by atoms with E-state index in [1.807, 2.05) is 0 Å². The minimum Gasteiger partial charge on any atom is -0.362 e. The van der Waals surface area contributed by atoms with Crippen LogP contribution < -0.4 is 0 Å². The van der Waals surface area contributed by atoms with E-state index >= 15 is 0 Å². The Morgan fingerprint density at radius 2 is 1.92 bits per heavy atom. The molecule has 1 heterocycles. The van der Waals surface area contributed by atoms with Crippen molar-refractivity contribution in [3.05, 3.63) is 34.9 Å². The third-order valence-electron chi connectivity index (χ3n) is 4.57. The molecule has 1 aromatic rings. The van der Waals surface area contributed by atoms with E-state index in [1.165, 1.54) is 24.3 Å². The second-order valence-electron chi connectivity index (χ2n) is 6.09. The van der Waals surface area contributed by atoms with Crippen LogP contribution in [0.4, 0.5) is 13.2 Å². The third kappa shape index (κ3) is 2.69. The molecule has 0 aromatic heterocycles. The first-order chi connectivity index (χ1) is 11.2. The van der Waals surface area contributed by atoms with Crippen LogP contribution >= 0.6 is 11.6 Å². The van der Waals surface area contributed by atoms with Crippen molar-refractivity contribution in [2.45, 2.75) is 44.0 Å². The van der Waals surface area contributed by atoms with Crippen LogP contribution in [0.15, 0.2) is 29.4 Å². The van der Waals surface area contributed by atoms with Crippen LogP contribution in [0.2, 0.25) is 5.02 Å². The maximum atomic E-state index is 13.7. The summed E-state index contributed by atoms with van der Waals surface area (Å²) >= 11 is 5.74. The zero-order valence-electron chi connectivity index (χ0n) is 12.7. The second kappa shape index (κ2) is 6.04. The number of aliphatic hydroxyl groups is 1. The SMILES string of the molecule is O=C(c1ccc(Cl)cc1)N1N=C2CCCCC[C@@H]2[C@]1(O)C(F)(F)F. The van der Waals surface area contributed by atoms with E-state index in [-0.39, 0.29) is 22.7 Å². The molecule has 1 amide bonds. The van der Waals surface area contributed by atoms with Crippen LogP contribution in [0.1, 0.15) is 42.5 Å². The van der Waals surface area contributed by atoms with Crippen LogP contribution in [0.25, 0.3) is 0 Å². The van der Waals surface area contributed by atoms with E-state index in [0.29, 0.717) is 24.3 Å². The van der Waals surface area contributed by atoms with Gasteiger partial charge in [-0.1, -0.05) is 24.4 Å². The topological polar surface area (TPSA) is 52.9 Å². The average molecular weight is 361 g/mol. The highest BCUT2D eigenvalue weighted by Crippen LogP contribution is 2.48. The van der Waals surface area contributed by atoms with Gasteiger partial charge in [0.25, 0.3) is 11.6 Å². The molecule has 0 spiro atoms. The average Bonchev–Trinajstić information content (AvgIpc) is 2.68. The van der Waals surface area contributed by atoms with Crippen molar-refractivity contribution in [3.63, 3.8) is 0 Å². The van der Waals surface area contributed by atoms with Crippen molar-refractivity contribution in [2.24, 2.45) is 11.0 Å². The number of hydrogen-bond donors (Lipinski definition) is 1. The summed E-state index contributed by atoms with van der Waals surface area (Å²) in [6.45, 7) is 0. The van der Waals surface area contributed by atoms with E-state index in [2.05, 4.69) is 5.10 Å². The summed E-state index contributed by atoms with van der Waals surface area (Å²) in [6, 6.07) is 5.44. The quantitative estimate of drug-likeness (QED) is 0.823. The predicted molar refractivity (Wildman–Crippen MR) is 82.6 cm³/mol. The lowest BCUT2D eigenvalue weighted by atomic mass is 9.87. The minimum absolute atomic E-state index is 0.0112. The fourth-order valence-corrected chi connectivity index (χ4v) is 3.44. The van der Waals surface area contributed by atoms with Gasteiger partial charge in [0.05, 0.1) is 5.92 Å². The van der Waals surface area contributed by atoms with E-state index < -0.39 is 23.7 Å². The summed E-state index contributed by atoms with van der Waals surface area (Å²) in [5, 5.41) is 15.0. The Morgan fingerprint density at radius 1 is 1.25 bits per heavy atom. The van der Waals surface area contributed by atoms with Crippen molar-refractivity contribution in [1.82, 2.24) is 5.01 Å². The lowest BCUT2D eigenvalue weighted by Crippen LogP contribution is -2.61. The van der Waals surface area contributed by atoms with Gasteiger partial charge >= 0.3 is 6.18 Å². The summed E-state index contributed by atoms with van der Waals surface area (Å²) in [5.74, 6) is -2.21. The van der Waals surface area contributed by atoms with Gasteiger partial charge in [-0.25, -0.2) is 0 Å². The monoisotopic (exact) mass is 360 g/mol. The number of rotatable bonds is 1. The smallest absolute Gasteiger partial charge is 0.362 e. The largest absolute Gasteiger partial charge is 0.439 e. The van der Waals surface area contributed by atoms with Crippen LogP contribution in [0, 0.1) is 5.92 Å². The number of amides is 1. The number of fused-ring (bicyclic) bond motifs is 1. The Labute approximate surface area is 141 Å². The zero-order valence-corrected chi connectivity index (χ0v) is 13.4. The molecule has 1 N–H and O–H groups in total. The molecule has 2 aliphatic rings. The van der Waals surface area contributed by atoms with Crippen LogP contribution in [0.3, 0.4) is 0 Å². The number of hydrogen-bond acceptors (Lipinski definition) is 3. The molecule has 1 aliphatic carbocycles. The van der Waals surface area contributed by atoms with Gasteiger partial charge in [-0.2, -0.15) is 23.3 Å². The lowest BCUT2D eigenvalue weighted by Gasteiger charge is -2.37. The first-order valence-electron chi connectivity index (χ1n) is 7.71. The fraction of sp³-hybridized carbons (Fsp3) is 0.500. The fourth-order valence-electron chi connectivity index (χ4n) is 3.31. The van der Waals surface area contributed by atoms with Crippen molar-refractivity contribution < 1.29 is 23.1 Å². The molecule has 1 aromatic carbocycles. The summed E-state index contributed by atoms with van der Waals surface area (Å²) in [5.41, 5.74) is -3.07. The van der Waals surface area contributed by atoms with E-state index in [4.69, 9.17) is 11.6 Å². The highest BCUT2D eigenvalue weighted by molar-refractivity contribution is 6.30. The molecule has 4 nitrogen and oxygen atoms in total. The molecule has 1 saturated carbocycles. The highest BCUT2D eigenvalue weighted by atomic mass is 35.5. The van der Waals surface area contributed by atoms with Gasteiger partial charge in [-0.15, -0.1) is 0 Å². The van der Waals surface area contributed by atoms with Crippen molar-refractivity contribution >= 4 is 23.2 Å². The summed E-state index contributed by atoms with van der Waals surface area (Å²) < 4.78 is 41.1. The summed E-state index contributed by atoms with van der Waals surface area (Å²) in [7, 11) is 0. The molecule has 0 radical (unpaired) electrons. The zero-order chi connectivity index (χ0) is 17.5. The molecule has 24 heavy (non-hydrogen) atoms. The third-order valence-corrected chi connectivity index (χ3v) is 4.82. The van der Waals surface area contributed by atoms with Crippen LogP contribution in [-0.4, -0.2) is 33.6 Å². The molecule has 0 bridgehead atoms. The number of halogens is 4. The van der Waals surface area contributed by atoms with Gasteiger partial charge in [-0.05, 0) is 43.5 Å². The van der Waals surface area contributed by atoms with Gasteiger partial charge in [0, 0.05) is 16.3 Å². The lowest BCUT2D eigenvalue weighted by molar-refractivity contribution is -0.312. The highest BCUT2D eigenvalue weighted by Gasteiger charge is 2.68. The number of alkyl halides is 3. The van der Waals surface area contributed by atoms with Crippen LogP contribution in [0.5, 0.6) is 0 Å². The van der Waals surface area contributed by atoms with Crippen LogP contribution in [-0.2, 0) is 0 Å². The van der Waals surface area contributed by atoms with Gasteiger partial charge in [0.2, 0.25) is 0 Å². The van der Waals surface area contributed by atoms with Crippen molar-refractivity contribution in [2.75, 3.05) is 0 Å². The first kappa shape index (κ1) is 17.2.